The summed E-state index contributed by atoms with van der Waals surface area (Å²) in [6, 6.07) is 14.4. The fourth-order valence-corrected chi connectivity index (χ4v) is 6.26. The van der Waals surface area contributed by atoms with E-state index < -0.39 is 17.1 Å². The summed E-state index contributed by atoms with van der Waals surface area (Å²) < 4.78 is 59.4. The number of nitrogens with one attached hydrogen (secondary N) is 2. The van der Waals surface area contributed by atoms with Crippen LogP contribution in [0.15, 0.2) is 59.0 Å². The Hall–Kier alpha value is -3.26. The van der Waals surface area contributed by atoms with Gasteiger partial charge in [-0.05, 0) is 96.5 Å². The molecule has 1 saturated carbocycles. The van der Waals surface area contributed by atoms with Gasteiger partial charge < -0.3 is 29.3 Å². The van der Waals surface area contributed by atoms with Gasteiger partial charge in [0.05, 0.1) is 12.4 Å². The first-order valence-corrected chi connectivity index (χ1v) is 14.9. The van der Waals surface area contributed by atoms with Crippen LogP contribution in [0.2, 0.25) is 0 Å². The minimum absolute atomic E-state index is 0.00267. The Morgan fingerprint density at radius 1 is 1.07 bits per heavy atom. The van der Waals surface area contributed by atoms with E-state index in [1.165, 1.54) is 37.4 Å². The van der Waals surface area contributed by atoms with Crippen LogP contribution in [-0.2, 0) is 38.4 Å². The summed E-state index contributed by atoms with van der Waals surface area (Å²) >= 11 is 0. The van der Waals surface area contributed by atoms with Crippen molar-refractivity contribution in [3.05, 3.63) is 82.7 Å². The molecule has 0 amide bonds. The van der Waals surface area contributed by atoms with Crippen LogP contribution in [0.1, 0.15) is 41.0 Å². The van der Waals surface area contributed by atoms with Gasteiger partial charge in [0.1, 0.15) is 24.0 Å². The van der Waals surface area contributed by atoms with E-state index in [1.54, 1.807) is 18.2 Å². The normalized spacial score (nSPS) is 13.6. The van der Waals surface area contributed by atoms with Gasteiger partial charge in [-0.3, -0.25) is 4.72 Å². The van der Waals surface area contributed by atoms with E-state index in [1.807, 2.05) is 13.1 Å². The molecule has 0 unspecified atom stereocenters. The van der Waals surface area contributed by atoms with Gasteiger partial charge in [0, 0.05) is 35.9 Å². The number of benzene rings is 3. The first-order valence-electron chi connectivity index (χ1n) is 13.2. The van der Waals surface area contributed by atoms with Crippen LogP contribution in [0.4, 0.5) is 10.1 Å². The highest BCUT2D eigenvalue weighted by Gasteiger charge is 2.30. The molecule has 1 aliphatic carbocycles. The van der Waals surface area contributed by atoms with E-state index in [0.29, 0.717) is 29.0 Å². The molecule has 12 heteroatoms. The Kier molecular flexibility index (Phi) is 8.78. The average Bonchev–Trinajstić information content (AvgIpc) is 3.71. The molecule has 216 valence electrons. The topological polar surface area (TPSA) is 130 Å². The van der Waals surface area contributed by atoms with Crippen LogP contribution in [0.3, 0.4) is 0 Å². The molecule has 1 aliphatic rings. The Balaban J connectivity index is 1.47. The maximum absolute atomic E-state index is 13.6. The lowest BCUT2D eigenvalue weighted by molar-refractivity contribution is -0.0388. The fourth-order valence-electron chi connectivity index (χ4n) is 5.04. The van der Waals surface area contributed by atoms with Gasteiger partial charge in [-0.15, -0.1) is 0 Å². The van der Waals surface area contributed by atoms with Crippen molar-refractivity contribution in [2.75, 3.05) is 25.7 Å². The van der Waals surface area contributed by atoms with E-state index in [4.69, 9.17) is 13.9 Å². The summed E-state index contributed by atoms with van der Waals surface area (Å²) in [6.45, 7) is 0.524. The first-order chi connectivity index (χ1) is 19.7. The van der Waals surface area contributed by atoms with Gasteiger partial charge in [-0.2, -0.15) is 0 Å². The molecule has 1 aromatic heterocycles. The molecule has 0 spiro atoms. The zero-order chi connectivity index (χ0) is 29.1. The van der Waals surface area contributed by atoms with Crippen molar-refractivity contribution in [3.63, 3.8) is 0 Å². The van der Waals surface area contributed by atoms with Crippen LogP contribution in [-0.4, -0.2) is 46.5 Å². The largest absolute Gasteiger partial charge is 0.488 e. The highest BCUT2D eigenvalue weighted by molar-refractivity contribution is 7.91. The average molecular weight is 582 g/mol. The minimum atomic E-state index is -3.87. The van der Waals surface area contributed by atoms with E-state index in [2.05, 4.69) is 10.0 Å². The summed E-state index contributed by atoms with van der Waals surface area (Å²) in [4.78, 5) is 0. The lowest BCUT2D eigenvalue weighted by atomic mass is 9.77. The maximum atomic E-state index is 13.6. The molecule has 41 heavy (non-hydrogen) atoms. The number of hydrogen-bond donors (Lipinski definition) is 4. The fraction of sp³-hybridized carbons (Fsp3) is 0.310. The molecule has 0 bridgehead atoms. The highest BCUT2D eigenvalue weighted by atomic mass is 32.2. The third kappa shape index (κ3) is 6.80. The van der Waals surface area contributed by atoms with Crippen molar-refractivity contribution >= 4 is 39.3 Å². The number of fused-ring (bicyclic) bond motifs is 1. The molecular weight excluding hydrogens is 550 g/mol. The molecule has 0 saturated heterocycles. The van der Waals surface area contributed by atoms with Crippen LogP contribution >= 0.6 is 0 Å². The Bertz CT molecular complexity index is 1640. The van der Waals surface area contributed by atoms with Gasteiger partial charge in [-0.1, -0.05) is 6.07 Å². The highest BCUT2D eigenvalue weighted by Crippen LogP contribution is 2.45. The number of ether oxygens (including phenoxy) is 2. The van der Waals surface area contributed by atoms with Crippen molar-refractivity contribution in [1.82, 2.24) is 5.32 Å². The smallest absolute Gasteiger partial charge is 0.456 e. The number of methoxy groups -OCH3 is 1. The molecule has 0 atom stereocenters. The zero-order valence-electron chi connectivity index (χ0n) is 22.8. The molecule has 4 N–H and O–H groups in total. The molecule has 0 aliphatic heterocycles. The minimum Gasteiger partial charge on any atom is -0.456 e. The Morgan fingerprint density at radius 3 is 2.49 bits per heavy atom. The van der Waals surface area contributed by atoms with Crippen molar-refractivity contribution in [2.45, 2.75) is 37.7 Å². The van der Waals surface area contributed by atoms with E-state index >= 15 is 0 Å². The Labute approximate surface area is 238 Å². The van der Waals surface area contributed by atoms with Crippen molar-refractivity contribution in [3.8, 4) is 11.3 Å². The zero-order valence-corrected chi connectivity index (χ0v) is 23.6. The lowest BCUT2D eigenvalue weighted by Crippen LogP contribution is -2.33. The summed E-state index contributed by atoms with van der Waals surface area (Å²) in [6.07, 6.45) is 1.96. The van der Waals surface area contributed by atoms with Crippen molar-refractivity contribution < 1.29 is 36.7 Å². The van der Waals surface area contributed by atoms with E-state index in [0.717, 1.165) is 34.9 Å². The molecule has 4 aromatic rings. The van der Waals surface area contributed by atoms with Gasteiger partial charge in [-0.25, -0.2) is 12.8 Å². The van der Waals surface area contributed by atoms with E-state index in [9.17, 15) is 22.9 Å². The van der Waals surface area contributed by atoms with Crippen LogP contribution in [0.25, 0.3) is 22.3 Å². The van der Waals surface area contributed by atoms with Gasteiger partial charge in [0.15, 0.2) is 0 Å². The number of anilines is 1. The van der Waals surface area contributed by atoms with Gasteiger partial charge in [0.25, 0.3) is 0 Å². The molecule has 3 aromatic carbocycles. The predicted octanol–water partition coefficient (Wildman–Crippen LogP) is 3.58. The van der Waals surface area contributed by atoms with Crippen LogP contribution < -0.4 is 15.5 Å². The standard InChI is InChI=1S/C29H32BFN2O7S/c1-32-14-26-25-13-24(18-3-4-18)21(12-28(25)40-29(26)19-5-7-22(31)8-6-19)16-41(36,37)33-23-9-10-27(30(34)35)20(11-23)15-39-17-38-2/h5-13,18,32-35H,3-4,14-17H2,1-2H3. The number of rotatable bonds is 13. The quantitative estimate of drug-likeness (QED) is 0.107. The molecule has 1 heterocycles. The summed E-state index contributed by atoms with van der Waals surface area (Å²) in [5, 5.41) is 23.5. The summed E-state index contributed by atoms with van der Waals surface area (Å²) in [5.41, 5.74) is 4.73. The number of hydrogen-bond acceptors (Lipinski definition) is 8. The summed E-state index contributed by atoms with van der Waals surface area (Å²) in [7, 11) is -2.30. The molecular formula is C29H32BFN2O7S. The molecule has 9 nitrogen and oxygen atoms in total. The maximum Gasteiger partial charge on any atom is 0.488 e. The van der Waals surface area contributed by atoms with Gasteiger partial charge in [0.2, 0.25) is 10.0 Å². The second-order valence-corrected chi connectivity index (χ2v) is 11.9. The molecule has 1 fully saturated rings. The monoisotopic (exact) mass is 582 g/mol. The second kappa shape index (κ2) is 12.3. The first kappa shape index (κ1) is 29.2. The number of furan rings is 1. The predicted molar refractivity (Wildman–Crippen MR) is 156 cm³/mol. The van der Waals surface area contributed by atoms with Crippen LogP contribution in [0, 0.1) is 5.82 Å². The van der Waals surface area contributed by atoms with Crippen LogP contribution in [0.5, 0.6) is 0 Å². The third-order valence-electron chi connectivity index (χ3n) is 7.03. The second-order valence-electron chi connectivity index (χ2n) is 10.2. The SMILES string of the molecule is CNCc1c(-c2ccc(F)cc2)oc2cc(CS(=O)(=O)Nc3ccc(B(O)O)c(COCOC)c3)c(C3CC3)cc12. The van der Waals surface area contributed by atoms with Gasteiger partial charge >= 0.3 is 7.12 Å². The Morgan fingerprint density at radius 2 is 1.83 bits per heavy atom. The molecule has 5 rings (SSSR count). The molecule has 0 radical (unpaired) electrons. The van der Waals surface area contributed by atoms with Crippen molar-refractivity contribution in [1.29, 1.82) is 0 Å². The lowest BCUT2D eigenvalue weighted by Gasteiger charge is -2.15. The van der Waals surface area contributed by atoms with E-state index in [-0.39, 0.29) is 42.0 Å². The third-order valence-corrected chi connectivity index (χ3v) is 8.27. The van der Waals surface area contributed by atoms with Crippen molar-refractivity contribution in [2.24, 2.45) is 0 Å². The summed E-state index contributed by atoms with van der Waals surface area (Å²) in [5.74, 6) is 0.269. The number of halogens is 1. The number of sulfonamides is 1.